The number of aromatic nitrogens is 3. The van der Waals surface area contributed by atoms with Crippen LogP contribution in [0, 0.1) is 0 Å². The van der Waals surface area contributed by atoms with Gasteiger partial charge in [-0.05, 0) is 32.4 Å². The van der Waals surface area contributed by atoms with E-state index in [-0.39, 0.29) is 17.2 Å². The van der Waals surface area contributed by atoms with Crippen LogP contribution in [-0.2, 0) is 4.79 Å². The molecule has 0 fully saturated rings. The predicted octanol–water partition coefficient (Wildman–Crippen LogP) is 4.65. The Labute approximate surface area is 157 Å². The zero-order valence-corrected chi connectivity index (χ0v) is 15.9. The number of anilines is 1. The summed E-state index contributed by atoms with van der Waals surface area (Å²) in [5.41, 5.74) is 2.88. The number of nitrogens with zero attached hydrogens (tertiary/aromatic N) is 3. The van der Waals surface area contributed by atoms with Crippen molar-refractivity contribution in [2.45, 2.75) is 37.2 Å². The number of hydrogen-bond acceptors (Lipinski definition) is 4. The highest BCUT2D eigenvalue weighted by atomic mass is 32.2. The molecule has 26 heavy (non-hydrogen) atoms. The average Bonchev–Trinajstić information content (AvgIpc) is 3.11. The molecule has 0 radical (unpaired) electrons. The third kappa shape index (κ3) is 4.14. The smallest absolute Gasteiger partial charge is 0.237 e. The Balaban J connectivity index is 1.75. The van der Waals surface area contributed by atoms with E-state index >= 15 is 0 Å². The van der Waals surface area contributed by atoms with Gasteiger partial charge in [0, 0.05) is 17.3 Å². The van der Waals surface area contributed by atoms with Gasteiger partial charge < -0.3 is 9.88 Å². The summed E-state index contributed by atoms with van der Waals surface area (Å²) < 4.78 is 1.96. The number of amides is 1. The molecule has 0 saturated carbocycles. The van der Waals surface area contributed by atoms with Gasteiger partial charge in [-0.15, -0.1) is 10.2 Å². The number of hydrogen-bond donors (Lipinski definition) is 1. The van der Waals surface area contributed by atoms with Crippen molar-refractivity contribution < 1.29 is 4.79 Å². The molecule has 1 atom stereocenters. The first-order chi connectivity index (χ1) is 12.6. The molecule has 1 heterocycles. The maximum Gasteiger partial charge on any atom is 0.237 e. The predicted molar refractivity (Wildman–Crippen MR) is 106 cm³/mol. The van der Waals surface area contributed by atoms with Crippen LogP contribution >= 0.6 is 11.8 Å². The van der Waals surface area contributed by atoms with Gasteiger partial charge in [-0.25, -0.2) is 0 Å². The van der Waals surface area contributed by atoms with Gasteiger partial charge >= 0.3 is 0 Å². The molecule has 0 saturated heterocycles. The molecule has 2 aromatic carbocycles. The maximum atomic E-state index is 12.7. The zero-order chi connectivity index (χ0) is 18.5. The molecule has 3 aromatic rings. The van der Waals surface area contributed by atoms with Crippen LogP contribution in [0.3, 0.4) is 0 Å². The van der Waals surface area contributed by atoms with Crippen LogP contribution in [0.5, 0.6) is 0 Å². The number of para-hydroxylation sites is 1. The molecule has 3 rings (SSSR count). The molecule has 5 nitrogen and oxygen atoms in total. The summed E-state index contributed by atoms with van der Waals surface area (Å²) in [5, 5.41) is 11.6. The van der Waals surface area contributed by atoms with Crippen LogP contribution in [-0.4, -0.2) is 25.9 Å². The second-order valence-electron chi connectivity index (χ2n) is 6.28. The van der Waals surface area contributed by atoms with E-state index in [1.165, 1.54) is 11.8 Å². The highest BCUT2D eigenvalue weighted by molar-refractivity contribution is 8.00. The van der Waals surface area contributed by atoms with Gasteiger partial charge in [-0.1, -0.05) is 60.3 Å². The summed E-state index contributed by atoms with van der Waals surface area (Å²) in [6.45, 7) is 6.01. The monoisotopic (exact) mass is 366 g/mol. The Hall–Kier alpha value is -2.60. The number of nitrogens with one attached hydrogen (secondary N) is 1. The number of thioether (sulfide) groups is 1. The normalized spacial score (nSPS) is 12.2. The van der Waals surface area contributed by atoms with Crippen molar-refractivity contribution in [2.24, 2.45) is 0 Å². The van der Waals surface area contributed by atoms with Crippen LogP contribution < -0.4 is 5.32 Å². The molecule has 0 aliphatic rings. The van der Waals surface area contributed by atoms with E-state index in [1.54, 1.807) is 6.33 Å². The first kappa shape index (κ1) is 18.2. The lowest BCUT2D eigenvalue weighted by atomic mass is 10.0. The second-order valence-corrected chi connectivity index (χ2v) is 7.58. The fraction of sp³-hybridized carbons (Fsp3) is 0.250. The van der Waals surface area contributed by atoms with Crippen LogP contribution in [0.25, 0.3) is 11.1 Å². The van der Waals surface area contributed by atoms with Gasteiger partial charge in [0.05, 0.1) is 5.25 Å². The summed E-state index contributed by atoms with van der Waals surface area (Å²) >= 11 is 1.41. The van der Waals surface area contributed by atoms with E-state index in [2.05, 4.69) is 29.4 Å². The summed E-state index contributed by atoms with van der Waals surface area (Å²) in [6.07, 6.45) is 1.70. The van der Waals surface area contributed by atoms with Gasteiger partial charge in [0.1, 0.15) is 6.33 Å². The van der Waals surface area contributed by atoms with E-state index in [1.807, 2.05) is 66.1 Å². The molecule has 0 aliphatic heterocycles. The SMILES string of the molecule is CC(C)n1cnnc1S[C@H](C)C(=O)Nc1ccccc1-c1ccccc1. The molecule has 6 heteroatoms. The molecular weight excluding hydrogens is 344 g/mol. The molecule has 0 spiro atoms. The van der Waals surface area contributed by atoms with E-state index in [4.69, 9.17) is 0 Å². The molecule has 134 valence electrons. The van der Waals surface area contributed by atoms with Crippen LogP contribution in [0.1, 0.15) is 26.8 Å². The topological polar surface area (TPSA) is 59.8 Å². The lowest BCUT2D eigenvalue weighted by Crippen LogP contribution is -2.23. The molecule has 0 bridgehead atoms. The van der Waals surface area contributed by atoms with Gasteiger partial charge in [0.15, 0.2) is 5.16 Å². The van der Waals surface area contributed by atoms with Gasteiger partial charge in [-0.3, -0.25) is 4.79 Å². The largest absolute Gasteiger partial charge is 0.325 e. The third-order valence-electron chi connectivity index (χ3n) is 4.02. The summed E-state index contributed by atoms with van der Waals surface area (Å²) in [5.74, 6) is -0.0586. The van der Waals surface area contributed by atoms with E-state index in [0.29, 0.717) is 0 Å². The third-order valence-corrected chi connectivity index (χ3v) is 5.09. The molecule has 0 unspecified atom stereocenters. The number of benzene rings is 2. The molecular formula is C20H22N4OS. The fourth-order valence-corrected chi connectivity index (χ4v) is 3.53. The molecule has 1 amide bonds. The van der Waals surface area contributed by atoms with Crippen molar-refractivity contribution in [3.63, 3.8) is 0 Å². The average molecular weight is 366 g/mol. The Morgan fingerprint density at radius 1 is 1.04 bits per heavy atom. The lowest BCUT2D eigenvalue weighted by molar-refractivity contribution is -0.115. The van der Waals surface area contributed by atoms with Gasteiger partial charge in [0.25, 0.3) is 0 Å². The number of carbonyl (C=O) groups excluding carboxylic acids is 1. The van der Waals surface area contributed by atoms with Gasteiger partial charge in [0.2, 0.25) is 5.91 Å². The first-order valence-corrected chi connectivity index (χ1v) is 9.45. The van der Waals surface area contributed by atoms with Crippen molar-refractivity contribution in [3.05, 3.63) is 60.9 Å². The summed E-state index contributed by atoms with van der Waals surface area (Å²) in [7, 11) is 0. The molecule has 1 N–H and O–H groups in total. The van der Waals surface area contributed by atoms with Crippen LogP contribution in [0.4, 0.5) is 5.69 Å². The van der Waals surface area contributed by atoms with Crippen molar-refractivity contribution in [3.8, 4) is 11.1 Å². The van der Waals surface area contributed by atoms with Gasteiger partial charge in [-0.2, -0.15) is 0 Å². The van der Waals surface area contributed by atoms with Crippen molar-refractivity contribution in [1.82, 2.24) is 14.8 Å². The Bertz CT molecular complexity index is 876. The standard InChI is InChI=1S/C20H22N4OS/c1-14(2)24-13-21-23-20(24)26-15(3)19(25)22-18-12-8-7-11-17(18)16-9-5-4-6-10-16/h4-15H,1-3H3,(H,22,25)/t15-/m1/s1. The zero-order valence-electron chi connectivity index (χ0n) is 15.1. The summed E-state index contributed by atoms with van der Waals surface area (Å²) in [4.78, 5) is 12.7. The van der Waals surface area contributed by atoms with E-state index in [0.717, 1.165) is 22.0 Å². The van der Waals surface area contributed by atoms with Crippen molar-refractivity contribution in [2.75, 3.05) is 5.32 Å². The fourth-order valence-electron chi connectivity index (χ4n) is 2.58. The quantitative estimate of drug-likeness (QED) is 0.645. The lowest BCUT2D eigenvalue weighted by Gasteiger charge is -2.16. The first-order valence-electron chi connectivity index (χ1n) is 8.57. The minimum absolute atomic E-state index is 0.0586. The maximum absolute atomic E-state index is 12.7. The number of carbonyl (C=O) groups is 1. The minimum Gasteiger partial charge on any atom is -0.325 e. The molecule has 0 aliphatic carbocycles. The van der Waals surface area contributed by atoms with Crippen molar-refractivity contribution >= 4 is 23.4 Å². The Kier molecular flexibility index (Phi) is 5.73. The van der Waals surface area contributed by atoms with Crippen molar-refractivity contribution in [1.29, 1.82) is 0 Å². The van der Waals surface area contributed by atoms with E-state index < -0.39 is 0 Å². The molecule has 1 aromatic heterocycles. The Morgan fingerprint density at radius 2 is 1.73 bits per heavy atom. The highest BCUT2D eigenvalue weighted by Crippen LogP contribution is 2.29. The van der Waals surface area contributed by atoms with Crippen LogP contribution in [0.15, 0.2) is 66.1 Å². The minimum atomic E-state index is -0.291. The van der Waals surface area contributed by atoms with Crippen LogP contribution in [0.2, 0.25) is 0 Å². The summed E-state index contributed by atoms with van der Waals surface area (Å²) in [6, 6.07) is 18.1. The highest BCUT2D eigenvalue weighted by Gasteiger charge is 2.19. The number of rotatable bonds is 6. The second kappa shape index (κ2) is 8.19. The Morgan fingerprint density at radius 3 is 2.46 bits per heavy atom. The van der Waals surface area contributed by atoms with E-state index in [9.17, 15) is 4.79 Å².